The number of ether oxygens (including phenoxy) is 1. The maximum Gasteiger partial charge on any atom is 0.132 e. The molecule has 0 bridgehead atoms. The smallest absolute Gasteiger partial charge is 0.132 e. The van der Waals surface area contributed by atoms with E-state index >= 15 is 0 Å². The van der Waals surface area contributed by atoms with Gasteiger partial charge in [0.2, 0.25) is 0 Å². The summed E-state index contributed by atoms with van der Waals surface area (Å²) in [4.78, 5) is 0. The highest BCUT2D eigenvalue weighted by atomic mass is 16.5. The molecule has 256 valence electrons. The first-order valence-corrected chi connectivity index (χ1v) is 19.2. The van der Waals surface area contributed by atoms with Crippen LogP contribution in [0.5, 0.6) is 11.5 Å². The van der Waals surface area contributed by atoms with Crippen LogP contribution in [-0.4, -0.2) is 0 Å². The first-order chi connectivity index (χ1) is 27.3. The highest BCUT2D eigenvalue weighted by molar-refractivity contribution is 5.98. The molecule has 1 aliphatic heterocycles. The van der Waals surface area contributed by atoms with E-state index in [0.29, 0.717) is 0 Å². The molecule has 0 N–H and O–H groups in total. The Labute approximate surface area is 320 Å². The second kappa shape index (κ2) is 11.3. The third kappa shape index (κ3) is 3.87. The molecular formula is C54H34O. The van der Waals surface area contributed by atoms with Gasteiger partial charge < -0.3 is 4.74 Å². The summed E-state index contributed by atoms with van der Waals surface area (Å²) in [5.41, 5.74) is 16.5. The van der Waals surface area contributed by atoms with Gasteiger partial charge in [0.15, 0.2) is 0 Å². The summed E-state index contributed by atoms with van der Waals surface area (Å²) in [5, 5.41) is 2.42. The Bertz CT molecular complexity index is 2930. The van der Waals surface area contributed by atoms with Crippen molar-refractivity contribution in [2.24, 2.45) is 0 Å². The van der Waals surface area contributed by atoms with Crippen LogP contribution in [0, 0.1) is 0 Å². The molecule has 12 rings (SSSR count). The molecule has 2 aliphatic carbocycles. The molecule has 0 saturated heterocycles. The molecule has 0 saturated carbocycles. The number of rotatable bonds is 3. The maximum absolute atomic E-state index is 7.01. The Kier molecular flexibility index (Phi) is 6.25. The largest absolute Gasteiger partial charge is 0.457 e. The van der Waals surface area contributed by atoms with Gasteiger partial charge in [0.1, 0.15) is 11.5 Å². The Morgan fingerprint density at radius 1 is 0.309 bits per heavy atom. The summed E-state index contributed by atoms with van der Waals surface area (Å²) in [6, 6.07) is 76.3. The summed E-state index contributed by atoms with van der Waals surface area (Å²) in [5.74, 6) is 1.80. The molecule has 1 spiro atoms. The molecule has 0 amide bonds. The molecule has 1 heteroatoms. The molecule has 0 radical (unpaired) electrons. The lowest BCUT2D eigenvalue weighted by molar-refractivity contribution is 0.438. The average molecular weight is 699 g/mol. The summed E-state index contributed by atoms with van der Waals surface area (Å²) < 4.78 is 7.01. The van der Waals surface area contributed by atoms with Crippen LogP contribution in [0.15, 0.2) is 206 Å². The zero-order chi connectivity index (χ0) is 36.1. The average Bonchev–Trinajstić information content (AvgIpc) is 3.72. The normalized spacial score (nSPS) is 14.6. The van der Waals surface area contributed by atoms with Crippen molar-refractivity contribution in [3.63, 3.8) is 0 Å². The number of fused-ring (bicyclic) bond motifs is 14. The van der Waals surface area contributed by atoms with E-state index in [-0.39, 0.29) is 0 Å². The van der Waals surface area contributed by atoms with Crippen LogP contribution in [0.4, 0.5) is 0 Å². The van der Waals surface area contributed by atoms with Crippen LogP contribution >= 0.6 is 0 Å². The molecule has 9 aromatic rings. The van der Waals surface area contributed by atoms with Crippen LogP contribution in [0.1, 0.15) is 44.5 Å². The van der Waals surface area contributed by atoms with Gasteiger partial charge in [-0.05, 0) is 95.7 Å². The number of hydrogen-bond donors (Lipinski definition) is 0. The van der Waals surface area contributed by atoms with E-state index < -0.39 is 10.8 Å². The van der Waals surface area contributed by atoms with Gasteiger partial charge in [-0.3, -0.25) is 0 Å². The Morgan fingerprint density at radius 3 is 1.36 bits per heavy atom. The van der Waals surface area contributed by atoms with Crippen LogP contribution < -0.4 is 4.74 Å². The second-order valence-corrected chi connectivity index (χ2v) is 15.1. The standard InChI is InChI=1S/C54H34O/c1-2-17-37(18-3-1)53(45-26-12-7-21-40(45)41-22-8-13-27-46(41)53)44-25-11-6-19-38(44)36-31-32-50-49(34-36)54(52-39-20-5-4-16-35(39)30-33-51(52)55-50)47-28-14-9-23-42(47)43-24-10-15-29-48(43)54/h1-34H. The minimum Gasteiger partial charge on any atom is -0.457 e. The fourth-order valence-corrected chi connectivity index (χ4v) is 10.6. The van der Waals surface area contributed by atoms with Gasteiger partial charge in [0.05, 0.1) is 10.8 Å². The summed E-state index contributed by atoms with van der Waals surface area (Å²) in [6.45, 7) is 0. The Morgan fingerprint density at radius 2 is 0.764 bits per heavy atom. The summed E-state index contributed by atoms with van der Waals surface area (Å²) >= 11 is 0. The molecule has 1 nitrogen and oxygen atoms in total. The third-order valence-corrected chi connectivity index (χ3v) is 12.6. The molecular weight excluding hydrogens is 665 g/mol. The van der Waals surface area contributed by atoms with Crippen molar-refractivity contribution in [2.75, 3.05) is 0 Å². The van der Waals surface area contributed by atoms with Crippen molar-refractivity contribution in [1.29, 1.82) is 0 Å². The van der Waals surface area contributed by atoms with E-state index in [0.717, 1.165) is 11.5 Å². The fourth-order valence-electron chi connectivity index (χ4n) is 10.6. The zero-order valence-corrected chi connectivity index (χ0v) is 30.0. The van der Waals surface area contributed by atoms with E-state index in [2.05, 4.69) is 206 Å². The second-order valence-electron chi connectivity index (χ2n) is 15.1. The number of hydrogen-bond acceptors (Lipinski definition) is 1. The Balaban J connectivity index is 1.19. The maximum atomic E-state index is 7.01. The van der Waals surface area contributed by atoms with Crippen molar-refractivity contribution in [2.45, 2.75) is 10.8 Å². The molecule has 0 fully saturated rings. The lowest BCUT2D eigenvalue weighted by Crippen LogP contribution is -2.32. The van der Waals surface area contributed by atoms with Crippen molar-refractivity contribution in [3.8, 4) is 44.9 Å². The van der Waals surface area contributed by atoms with Gasteiger partial charge in [-0.2, -0.15) is 0 Å². The van der Waals surface area contributed by atoms with Crippen molar-refractivity contribution < 1.29 is 4.74 Å². The summed E-state index contributed by atoms with van der Waals surface area (Å²) in [7, 11) is 0. The SMILES string of the molecule is c1ccc(C2(c3ccccc3-c3ccc4c(c3)C3(c5ccccc5-c5ccccc53)c3c(ccc5ccccc35)O4)c3ccccc3-c3ccccc32)cc1. The minimum atomic E-state index is -0.592. The Hall–Kier alpha value is -6.96. The van der Waals surface area contributed by atoms with E-state index in [4.69, 9.17) is 4.74 Å². The molecule has 0 atom stereocenters. The van der Waals surface area contributed by atoms with Crippen LogP contribution in [-0.2, 0) is 10.8 Å². The number of benzene rings is 9. The van der Waals surface area contributed by atoms with Crippen LogP contribution in [0.25, 0.3) is 44.2 Å². The molecule has 1 heterocycles. The first kappa shape index (κ1) is 30.5. The van der Waals surface area contributed by atoms with Crippen molar-refractivity contribution in [1.82, 2.24) is 0 Å². The van der Waals surface area contributed by atoms with Gasteiger partial charge in [0.25, 0.3) is 0 Å². The predicted molar refractivity (Wildman–Crippen MR) is 224 cm³/mol. The lowest BCUT2D eigenvalue weighted by Gasteiger charge is -2.40. The van der Waals surface area contributed by atoms with Crippen LogP contribution in [0.3, 0.4) is 0 Å². The van der Waals surface area contributed by atoms with E-state index in [1.165, 1.54) is 88.7 Å². The van der Waals surface area contributed by atoms with Gasteiger partial charge in [0, 0.05) is 11.1 Å². The van der Waals surface area contributed by atoms with Gasteiger partial charge in [-0.25, -0.2) is 0 Å². The molecule has 0 unspecified atom stereocenters. The van der Waals surface area contributed by atoms with Crippen molar-refractivity contribution in [3.05, 3.63) is 251 Å². The van der Waals surface area contributed by atoms with E-state index in [1.54, 1.807) is 0 Å². The van der Waals surface area contributed by atoms with E-state index in [1.807, 2.05) is 0 Å². The third-order valence-electron chi connectivity index (χ3n) is 12.6. The summed E-state index contributed by atoms with van der Waals surface area (Å²) in [6.07, 6.45) is 0. The quantitative estimate of drug-likeness (QED) is 0.178. The predicted octanol–water partition coefficient (Wildman–Crippen LogP) is 13.3. The van der Waals surface area contributed by atoms with Gasteiger partial charge >= 0.3 is 0 Å². The monoisotopic (exact) mass is 698 g/mol. The minimum absolute atomic E-state index is 0.523. The lowest BCUT2D eigenvalue weighted by atomic mass is 9.64. The van der Waals surface area contributed by atoms with Crippen LogP contribution in [0.2, 0.25) is 0 Å². The zero-order valence-electron chi connectivity index (χ0n) is 30.0. The van der Waals surface area contributed by atoms with Crippen molar-refractivity contribution >= 4 is 10.8 Å². The van der Waals surface area contributed by atoms with Gasteiger partial charge in [-0.1, -0.05) is 188 Å². The van der Waals surface area contributed by atoms with Gasteiger partial charge in [-0.15, -0.1) is 0 Å². The molecule has 9 aromatic carbocycles. The highest BCUT2D eigenvalue weighted by Crippen LogP contribution is 2.64. The topological polar surface area (TPSA) is 9.23 Å². The highest BCUT2D eigenvalue weighted by Gasteiger charge is 2.52. The first-order valence-electron chi connectivity index (χ1n) is 19.2. The molecule has 0 aromatic heterocycles. The fraction of sp³-hybridized carbons (Fsp3) is 0.0370. The van der Waals surface area contributed by atoms with E-state index in [9.17, 15) is 0 Å². The molecule has 55 heavy (non-hydrogen) atoms. The molecule has 3 aliphatic rings.